The van der Waals surface area contributed by atoms with Gasteiger partial charge in [-0.3, -0.25) is 4.79 Å². The van der Waals surface area contributed by atoms with Crippen LogP contribution in [0.15, 0.2) is 0 Å². The van der Waals surface area contributed by atoms with Crippen molar-refractivity contribution < 1.29 is 9.69 Å². The summed E-state index contributed by atoms with van der Waals surface area (Å²) in [5, 5.41) is 0. The molecule has 0 aliphatic carbocycles. The van der Waals surface area contributed by atoms with E-state index in [4.69, 9.17) is 0 Å². The minimum Gasteiger partial charge on any atom is -0.465 e. The lowest BCUT2D eigenvalue weighted by atomic mass is 10.3. The topological polar surface area (TPSA) is 24.8 Å². The molecule has 58 valence electrons. The Morgan fingerprint density at radius 1 is 1.50 bits per heavy atom. The Labute approximate surface area is 61.6 Å². The third kappa shape index (κ3) is 1.70. The van der Waals surface area contributed by atoms with Crippen LogP contribution in [-0.4, -0.2) is 37.0 Å². The van der Waals surface area contributed by atoms with Gasteiger partial charge in [-0.2, -0.15) is 7.05 Å². The maximum absolute atomic E-state index is 10.8. The number of carbonyl (C=O) groups excluding carboxylic acids is 1. The first kappa shape index (κ1) is 7.54. The maximum atomic E-state index is 10.8. The summed E-state index contributed by atoms with van der Waals surface area (Å²) in [6.45, 7) is 5.33. The summed E-state index contributed by atoms with van der Waals surface area (Å²) in [5.74, 6) is 0.188. The molecule has 0 atom stereocenters. The molecule has 1 aliphatic heterocycles. The first-order valence-electron chi connectivity index (χ1n) is 3.62. The molecule has 1 saturated heterocycles. The van der Waals surface area contributed by atoms with Crippen LogP contribution >= 0.6 is 0 Å². The van der Waals surface area contributed by atoms with E-state index in [0.29, 0.717) is 0 Å². The Kier molecular flexibility index (Phi) is 2.27. The first-order valence-corrected chi connectivity index (χ1v) is 3.62. The number of rotatable bonds is 0. The van der Waals surface area contributed by atoms with Crippen LogP contribution in [-0.2, 0) is 4.79 Å². The van der Waals surface area contributed by atoms with Crippen LogP contribution in [0.3, 0.4) is 0 Å². The zero-order valence-electron chi connectivity index (χ0n) is 6.39. The van der Waals surface area contributed by atoms with E-state index >= 15 is 0 Å². The SMILES string of the molecule is [CH2-][NH+]1CCN(C(C)=O)CC1. The number of nitrogens with one attached hydrogen (secondary N) is 1. The normalized spacial score (nSPS) is 21.2. The number of hydrogen-bond donors (Lipinski definition) is 1. The fraction of sp³-hybridized carbons (Fsp3) is 0.714. The number of amides is 1. The van der Waals surface area contributed by atoms with Crippen molar-refractivity contribution in [3.8, 4) is 0 Å². The summed E-state index contributed by atoms with van der Waals surface area (Å²) < 4.78 is 0. The van der Waals surface area contributed by atoms with Crippen LogP contribution in [0.5, 0.6) is 0 Å². The molecule has 0 aromatic rings. The Bertz CT molecular complexity index is 128. The minimum absolute atomic E-state index is 0.188. The Morgan fingerprint density at radius 3 is 2.40 bits per heavy atom. The molecule has 10 heavy (non-hydrogen) atoms. The van der Waals surface area contributed by atoms with Crippen molar-refractivity contribution in [2.24, 2.45) is 0 Å². The van der Waals surface area contributed by atoms with Gasteiger partial charge >= 0.3 is 0 Å². The highest BCUT2D eigenvalue weighted by Gasteiger charge is 2.15. The van der Waals surface area contributed by atoms with E-state index in [1.54, 1.807) is 6.92 Å². The maximum Gasteiger partial charge on any atom is 0.219 e. The quantitative estimate of drug-likeness (QED) is 0.410. The molecule has 1 amide bonds. The highest BCUT2D eigenvalue weighted by atomic mass is 16.2. The van der Waals surface area contributed by atoms with Gasteiger partial charge in [-0.15, -0.1) is 0 Å². The van der Waals surface area contributed by atoms with E-state index in [1.807, 2.05) is 4.90 Å². The monoisotopic (exact) mass is 142 g/mol. The second-order valence-corrected chi connectivity index (χ2v) is 2.76. The van der Waals surface area contributed by atoms with Crippen molar-refractivity contribution in [2.75, 3.05) is 26.2 Å². The second-order valence-electron chi connectivity index (χ2n) is 2.76. The standard InChI is InChI=1S/C7H14N2O/c1-7(10)9-5-3-8(2)4-6-9/h8H,2-6H2,1H3. The molecule has 3 nitrogen and oxygen atoms in total. The number of carbonyl (C=O) groups is 1. The van der Waals surface area contributed by atoms with Crippen molar-refractivity contribution >= 4 is 5.91 Å². The third-order valence-electron chi connectivity index (χ3n) is 1.92. The molecule has 0 unspecified atom stereocenters. The summed E-state index contributed by atoms with van der Waals surface area (Å²) in [6.07, 6.45) is 0. The van der Waals surface area contributed by atoms with Gasteiger partial charge in [-0.25, -0.2) is 0 Å². The highest BCUT2D eigenvalue weighted by Crippen LogP contribution is 1.88. The number of hydrogen-bond acceptors (Lipinski definition) is 1. The first-order chi connectivity index (χ1) is 4.70. The molecule has 1 aliphatic rings. The Balaban J connectivity index is 2.33. The van der Waals surface area contributed by atoms with Crippen LogP contribution in [0, 0.1) is 7.05 Å². The van der Waals surface area contributed by atoms with Crippen LogP contribution < -0.4 is 4.90 Å². The van der Waals surface area contributed by atoms with Gasteiger partial charge in [0, 0.05) is 6.92 Å². The Morgan fingerprint density at radius 2 is 2.00 bits per heavy atom. The van der Waals surface area contributed by atoms with Gasteiger partial charge in [0.1, 0.15) is 0 Å². The lowest BCUT2D eigenvalue weighted by Gasteiger charge is -2.33. The zero-order chi connectivity index (χ0) is 7.56. The van der Waals surface area contributed by atoms with Crippen molar-refractivity contribution in [2.45, 2.75) is 6.92 Å². The van der Waals surface area contributed by atoms with Crippen molar-refractivity contribution in [1.29, 1.82) is 0 Å². The average molecular weight is 142 g/mol. The molecule has 1 rings (SSSR count). The fourth-order valence-electron chi connectivity index (χ4n) is 1.14. The van der Waals surface area contributed by atoms with Gasteiger partial charge in [0.05, 0.1) is 26.2 Å². The average Bonchev–Trinajstić information content (AvgIpc) is 1.88. The summed E-state index contributed by atoms with van der Waals surface area (Å²) in [4.78, 5) is 13.9. The lowest BCUT2D eigenvalue weighted by Crippen LogP contribution is -3.10. The number of nitrogens with zero attached hydrogens (tertiary/aromatic N) is 1. The third-order valence-corrected chi connectivity index (χ3v) is 1.92. The predicted molar refractivity (Wildman–Crippen MR) is 38.3 cm³/mol. The van der Waals surface area contributed by atoms with Gasteiger partial charge in [-0.05, 0) is 0 Å². The molecule has 0 bridgehead atoms. The fourth-order valence-corrected chi connectivity index (χ4v) is 1.14. The molecule has 0 spiro atoms. The van der Waals surface area contributed by atoms with Crippen LogP contribution in [0.2, 0.25) is 0 Å². The summed E-state index contributed by atoms with van der Waals surface area (Å²) in [6, 6.07) is 0. The number of quaternary nitrogens is 1. The molecule has 1 fully saturated rings. The van der Waals surface area contributed by atoms with E-state index in [9.17, 15) is 4.79 Å². The molecule has 0 aromatic heterocycles. The van der Waals surface area contributed by atoms with Gasteiger partial charge in [0.15, 0.2) is 0 Å². The van der Waals surface area contributed by atoms with Gasteiger partial charge in [-0.1, -0.05) is 0 Å². The van der Waals surface area contributed by atoms with E-state index in [0.717, 1.165) is 26.2 Å². The molecular formula is C7H14N2O. The van der Waals surface area contributed by atoms with E-state index < -0.39 is 0 Å². The predicted octanol–water partition coefficient (Wildman–Crippen LogP) is -1.48. The molecule has 0 saturated carbocycles. The van der Waals surface area contributed by atoms with E-state index in [1.165, 1.54) is 4.90 Å². The second kappa shape index (κ2) is 3.01. The van der Waals surface area contributed by atoms with Crippen molar-refractivity contribution in [1.82, 2.24) is 4.90 Å². The largest absolute Gasteiger partial charge is 0.465 e. The summed E-state index contributed by atoms with van der Waals surface area (Å²) in [5.41, 5.74) is 0. The van der Waals surface area contributed by atoms with Gasteiger partial charge in [0.25, 0.3) is 0 Å². The van der Waals surface area contributed by atoms with Crippen molar-refractivity contribution in [3.63, 3.8) is 0 Å². The Hall–Kier alpha value is -0.570. The van der Waals surface area contributed by atoms with Gasteiger partial charge in [0.2, 0.25) is 5.91 Å². The van der Waals surface area contributed by atoms with Crippen LogP contribution in [0.4, 0.5) is 0 Å². The summed E-state index contributed by atoms with van der Waals surface area (Å²) in [7, 11) is 3.87. The molecule has 0 radical (unpaired) electrons. The smallest absolute Gasteiger partial charge is 0.219 e. The summed E-state index contributed by atoms with van der Waals surface area (Å²) >= 11 is 0. The lowest BCUT2D eigenvalue weighted by molar-refractivity contribution is -0.858. The number of piperazine rings is 1. The molecule has 0 aromatic carbocycles. The van der Waals surface area contributed by atoms with Crippen molar-refractivity contribution in [3.05, 3.63) is 7.05 Å². The van der Waals surface area contributed by atoms with Crippen LogP contribution in [0.25, 0.3) is 0 Å². The minimum atomic E-state index is 0.188. The van der Waals surface area contributed by atoms with E-state index in [-0.39, 0.29) is 5.91 Å². The molecule has 3 heteroatoms. The molecule has 1 N–H and O–H groups in total. The highest BCUT2D eigenvalue weighted by molar-refractivity contribution is 5.73. The zero-order valence-corrected chi connectivity index (χ0v) is 6.39. The van der Waals surface area contributed by atoms with Crippen LogP contribution in [0.1, 0.15) is 6.92 Å². The molecule has 1 heterocycles. The van der Waals surface area contributed by atoms with Gasteiger partial charge < -0.3 is 9.80 Å². The van der Waals surface area contributed by atoms with E-state index in [2.05, 4.69) is 7.05 Å². The molecular weight excluding hydrogens is 128 g/mol.